The summed E-state index contributed by atoms with van der Waals surface area (Å²) < 4.78 is 0. The first kappa shape index (κ1) is 12.7. The molecule has 88 valence electrons. The van der Waals surface area contributed by atoms with Gasteiger partial charge in [0.2, 0.25) is 0 Å². The molecule has 0 radical (unpaired) electrons. The lowest BCUT2D eigenvalue weighted by molar-refractivity contribution is -0.0521. The second-order valence-corrected chi connectivity index (χ2v) is 4.44. The molecule has 3 heteroatoms. The molecule has 0 bridgehead atoms. The van der Waals surface area contributed by atoms with Gasteiger partial charge in [-0.3, -0.25) is 4.84 Å². The Labute approximate surface area is 92.5 Å². The maximum absolute atomic E-state index is 9.66. The molecule has 2 N–H and O–H groups in total. The van der Waals surface area contributed by atoms with Crippen LogP contribution in [0.15, 0.2) is 12.7 Å². The Bertz CT molecular complexity index is 218. The van der Waals surface area contributed by atoms with Crippen molar-refractivity contribution in [3.05, 3.63) is 12.7 Å². The van der Waals surface area contributed by atoms with Gasteiger partial charge in [-0.05, 0) is 26.2 Å². The largest absolute Gasteiger partial charge is 0.391 e. The van der Waals surface area contributed by atoms with Crippen LogP contribution in [0.3, 0.4) is 0 Å². The van der Waals surface area contributed by atoms with Crippen LogP contribution in [0, 0.1) is 5.92 Å². The van der Waals surface area contributed by atoms with Gasteiger partial charge in [-0.1, -0.05) is 19.9 Å². The fraction of sp³-hybridized carbons (Fsp3) is 0.833. The van der Waals surface area contributed by atoms with Crippen molar-refractivity contribution in [2.24, 2.45) is 5.92 Å². The molecule has 15 heavy (non-hydrogen) atoms. The summed E-state index contributed by atoms with van der Waals surface area (Å²) in [4.78, 5) is 5.53. The van der Waals surface area contributed by atoms with Crippen molar-refractivity contribution in [3.8, 4) is 0 Å². The molecule has 3 nitrogen and oxygen atoms in total. The quantitative estimate of drug-likeness (QED) is 0.687. The Kier molecular flexibility index (Phi) is 4.32. The monoisotopic (exact) mass is 213 g/mol. The third-order valence-corrected chi connectivity index (χ3v) is 3.56. The number of hydrogen-bond donors (Lipinski definition) is 2. The van der Waals surface area contributed by atoms with Gasteiger partial charge in [0.15, 0.2) is 0 Å². The molecule has 1 heterocycles. The first-order valence-electron chi connectivity index (χ1n) is 5.83. The predicted octanol–water partition coefficient (Wildman–Crippen LogP) is 2.02. The lowest BCUT2D eigenvalue weighted by atomic mass is 9.75. The van der Waals surface area contributed by atoms with Crippen molar-refractivity contribution in [1.82, 2.24) is 5.48 Å². The first-order valence-corrected chi connectivity index (χ1v) is 5.83. The minimum atomic E-state index is -0.430. The van der Waals surface area contributed by atoms with Crippen LogP contribution in [0.5, 0.6) is 0 Å². The molecule has 0 spiro atoms. The van der Waals surface area contributed by atoms with E-state index < -0.39 is 6.10 Å². The van der Waals surface area contributed by atoms with E-state index in [-0.39, 0.29) is 11.6 Å². The summed E-state index contributed by atoms with van der Waals surface area (Å²) in [6.07, 6.45) is 4.26. The van der Waals surface area contributed by atoms with Gasteiger partial charge in [-0.15, -0.1) is 6.58 Å². The molecular weight excluding hydrogens is 190 g/mol. The number of hydroxylamine groups is 1. The van der Waals surface area contributed by atoms with Crippen molar-refractivity contribution in [1.29, 1.82) is 0 Å². The second-order valence-electron chi connectivity index (χ2n) is 4.44. The maximum Gasteiger partial charge on any atom is 0.109 e. The van der Waals surface area contributed by atoms with Crippen LogP contribution in [-0.4, -0.2) is 22.9 Å². The normalized spacial score (nSPS) is 37.9. The average molecular weight is 213 g/mol. The highest BCUT2D eigenvalue weighted by Crippen LogP contribution is 2.38. The molecule has 0 unspecified atom stereocenters. The van der Waals surface area contributed by atoms with Crippen LogP contribution < -0.4 is 5.48 Å². The molecule has 1 aliphatic rings. The van der Waals surface area contributed by atoms with E-state index in [1.807, 2.05) is 6.08 Å². The predicted molar refractivity (Wildman–Crippen MR) is 61.3 cm³/mol. The first-order chi connectivity index (χ1) is 7.11. The summed E-state index contributed by atoms with van der Waals surface area (Å²) in [6.45, 7) is 9.87. The highest BCUT2D eigenvalue weighted by Gasteiger charge is 2.48. The Morgan fingerprint density at radius 1 is 1.60 bits per heavy atom. The highest BCUT2D eigenvalue weighted by molar-refractivity contribution is 5.03. The maximum atomic E-state index is 9.66. The number of nitrogens with one attached hydrogen (secondary N) is 1. The Hall–Kier alpha value is -0.380. The van der Waals surface area contributed by atoms with Gasteiger partial charge in [0.25, 0.3) is 0 Å². The SMILES string of the molecule is C=CC[C@]1(CC)NO[C@@H]([C@@H](C)O)[C@@H]1CC. The molecule has 1 rings (SSSR count). The Balaban J connectivity index is 2.85. The molecule has 0 saturated carbocycles. The van der Waals surface area contributed by atoms with E-state index in [0.29, 0.717) is 5.92 Å². The number of hydrogen-bond acceptors (Lipinski definition) is 3. The van der Waals surface area contributed by atoms with Gasteiger partial charge in [-0.25, -0.2) is 0 Å². The third kappa shape index (κ3) is 2.25. The zero-order chi connectivity index (χ0) is 11.5. The fourth-order valence-corrected chi connectivity index (χ4v) is 2.64. The summed E-state index contributed by atoms with van der Waals surface area (Å²) >= 11 is 0. The summed E-state index contributed by atoms with van der Waals surface area (Å²) in [5.74, 6) is 0.348. The van der Waals surface area contributed by atoms with Crippen LogP contribution in [-0.2, 0) is 4.84 Å². The van der Waals surface area contributed by atoms with Crippen molar-refractivity contribution in [3.63, 3.8) is 0 Å². The van der Waals surface area contributed by atoms with Crippen molar-refractivity contribution >= 4 is 0 Å². The van der Waals surface area contributed by atoms with Gasteiger partial charge in [-0.2, -0.15) is 5.48 Å². The van der Waals surface area contributed by atoms with E-state index >= 15 is 0 Å². The third-order valence-electron chi connectivity index (χ3n) is 3.56. The molecule has 4 atom stereocenters. The fourth-order valence-electron chi connectivity index (χ4n) is 2.64. The highest BCUT2D eigenvalue weighted by atomic mass is 16.7. The number of aliphatic hydroxyl groups is 1. The molecule has 1 aliphatic heterocycles. The van der Waals surface area contributed by atoms with Gasteiger partial charge in [0, 0.05) is 5.92 Å². The molecule has 0 aliphatic carbocycles. The van der Waals surface area contributed by atoms with Gasteiger partial charge < -0.3 is 5.11 Å². The van der Waals surface area contributed by atoms with E-state index in [0.717, 1.165) is 19.3 Å². The molecule has 1 saturated heterocycles. The smallest absolute Gasteiger partial charge is 0.109 e. The standard InChI is InChI=1S/C12H23NO2/c1-5-8-12(7-3)10(6-2)11(9(4)14)15-13-12/h5,9-11,13-14H,1,6-8H2,2-4H3/t9-,10+,11+,12+/m1/s1. The topological polar surface area (TPSA) is 41.5 Å². The Morgan fingerprint density at radius 2 is 2.27 bits per heavy atom. The van der Waals surface area contributed by atoms with Gasteiger partial charge in [0.1, 0.15) is 6.10 Å². The number of aliphatic hydroxyl groups excluding tert-OH is 1. The summed E-state index contributed by atoms with van der Waals surface area (Å²) in [5.41, 5.74) is 3.08. The van der Waals surface area contributed by atoms with Crippen LogP contribution >= 0.6 is 0 Å². The van der Waals surface area contributed by atoms with Crippen LogP contribution in [0.1, 0.15) is 40.0 Å². The van der Waals surface area contributed by atoms with Gasteiger partial charge in [0.05, 0.1) is 11.6 Å². The lowest BCUT2D eigenvalue weighted by Crippen LogP contribution is -2.45. The molecule has 0 aromatic carbocycles. The molecule has 1 fully saturated rings. The van der Waals surface area contributed by atoms with Crippen LogP contribution in [0.2, 0.25) is 0 Å². The lowest BCUT2D eigenvalue weighted by Gasteiger charge is -2.33. The molecular formula is C12H23NO2. The van der Waals surface area contributed by atoms with E-state index in [2.05, 4.69) is 25.9 Å². The Morgan fingerprint density at radius 3 is 2.67 bits per heavy atom. The zero-order valence-electron chi connectivity index (χ0n) is 9.99. The van der Waals surface area contributed by atoms with Gasteiger partial charge >= 0.3 is 0 Å². The van der Waals surface area contributed by atoms with Crippen molar-refractivity contribution in [2.45, 2.75) is 57.8 Å². The van der Waals surface area contributed by atoms with E-state index in [1.165, 1.54) is 0 Å². The van der Waals surface area contributed by atoms with E-state index in [9.17, 15) is 5.11 Å². The summed E-state index contributed by atoms with van der Waals surface area (Å²) in [6, 6.07) is 0. The summed E-state index contributed by atoms with van der Waals surface area (Å²) in [7, 11) is 0. The van der Waals surface area contributed by atoms with Crippen LogP contribution in [0.25, 0.3) is 0 Å². The average Bonchev–Trinajstić information content (AvgIpc) is 2.57. The summed E-state index contributed by atoms with van der Waals surface area (Å²) in [5, 5.41) is 9.66. The number of rotatable bonds is 5. The molecule has 0 aromatic rings. The van der Waals surface area contributed by atoms with Crippen LogP contribution in [0.4, 0.5) is 0 Å². The molecule has 0 amide bonds. The van der Waals surface area contributed by atoms with Crippen molar-refractivity contribution in [2.75, 3.05) is 0 Å². The minimum Gasteiger partial charge on any atom is -0.391 e. The minimum absolute atomic E-state index is 0.0435. The second kappa shape index (κ2) is 5.10. The van der Waals surface area contributed by atoms with E-state index in [4.69, 9.17) is 4.84 Å². The zero-order valence-corrected chi connectivity index (χ0v) is 9.99. The van der Waals surface area contributed by atoms with Crippen molar-refractivity contribution < 1.29 is 9.94 Å². The molecule has 0 aromatic heterocycles. The van der Waals surface area contributed by atoms with E-state index in [1.54, 1.807) is 6.92 Å².